The highest BCUT2D eigenvalue weighted by Gasteiger charge is 2.44. The smallest absolute Gasteiger partial charge is 0.147 e. The van der Waals surface area contributed by atoms with E-state index in [9.17, 15) is 0 Å². The van der Waals surface area contributed by atoms with Crippen LogP contribution in [0, 0.1) is 17.8 Å². The summed E-state index contributed by atoms with van der Waals surface area (Å²) < 4.78 is 8.54. The van der Waals surface area contributed by atoms with E-state index in [2.05, 4.69) is 41.0 Å². The van der Waals surface area contributed by atoms with Crippen LogP contribution >= 0.6 is 0 Å². The monoisotopic (exact) mass is 417 g/mol. The highest BCUT2D eigenvalue weighted by atomic mass is 16.5. The van der Waals surface area contributed by atoms with Crippen molar-refractivity contribution in [1.29, 1.82) is 0 Å². The van der Waals surface area contributed by atoms with Crippen LogP contribution in [0.15, 0.2) is 49.3 Å². The van der Waals surface area contributed by atoms with Crippen molar-refractivity contribution in [3.8, 4) is 11.3 Å². The molecule has 31 heavy (non-hydrogen) atoms. The normalized spacial score (nSPS) is 27.9. The molecule has 4 heterocycles. The molecule has 0 aromatic carbocycles. The number of hydrogen-bond donors (Lipinski definition) is 0. The van der Waals surface area contributed by atoms with Crippen LogP contribution in [0.1, 0.15) is 31.7 Å². The molecule has 6 rings (SSSR count). The van der Waals surface area contributed by atoms with Crippen molar-refractivity contribution in [2.45, 2.75) is 37.8 Å². The van der Waals surface area contributed by atoms with Crippen LogP contribution in [0.3, 0.4) is 0 Å². The number of hydrogen-bond acceptors (Lipinski definition) is 7. The van der Waals surface area contributed by atoms with Gasteiger partial charge in [0.25, 0.3) is 0 Å². The minimum atomic E-state index is 0.177. The number of fused-ring (bicyclic) bond motifs is 1. The summed E-state index contributed by atoms with van der Waals surface area (Å²) in [4.78, 5) is 15.3. The third kappa shape index (κ3) is 3.92. The summed E-state index contributed by atoms with van der Waals surface area (Å²) >= 11 is 0. The Balaban J connectivity index is 1.23. The van der Waals surface area contributed by atoms with Crippen molar-refractivity contribution in [2.75, 3.05) is 24.6 Å². The maximum absolute atomic E-state index is 6.49. The number of nitrogens with zero attached hydrogens (tertiary/aromatic N) is 7. The van der Waals surface area contributed by atoms with Crippen molar-refractivity contribution in [3.63, 3.8) is 0 Å². The molecule has 4 atom stereocenters. The fraction of sp³-hybridized carbons (Fsp3) is 0.522. The van der Waals surface area contributed by atoms with Gasteiger partial charge < -0.3 is 9.64 Å². The predicted octanol–water partition coefficient (Wildman–Crippen LogP) is 3.01. The minimum Gasteiger partial charge on any atom is -0.376 e. The van der Waals surface area contributed by atoms with E-state index in [1.165, 1.54) is 12.8 Å². The van der Waals surface area contributed by atoms with E-state index in [1.807, 2.05) is 18.3 Å². The average molecular weight is 418 g/mol. The molecule has 8 nitrogen and oxygen atoms in total. The standard InChI is InChI=1S/C23H27N7O/c1-2-16(1)15-31-22-10-19-13-29(23-11-25-7-8-26-23)12-18(19)9-21(22)30-14-20(27-28-30)17-3-5-24-6-4-17/h3-8,11,14,16,18-19,21-22H,1-2,9-10,12-13,15H2/t18-,19+,21-,22-/m1/s1. The molecule has 0 amide bonds. The fourth-order valence-corrected chi connectivity index (χ4v) is 5.13. The SMILES string of the molecule is c1cc(-c2cn([C@@H]3C[C@@H]4CN(c5cnccn5)C[C@@H]4C[C@H]3OCC3CC3)nn2)ccn1. The Kier molecular flexibility index (Phi) is 4.87. The van der Waals surface area contributed by atoms with E-state index in [0.717, 1.165) is 55.5 Å². The first-order valence-corrected chi connectivity index (χ1v) is 11.3. The lowest BCUT2D eigenvalue weighted by atomic mass is 9.77. The van der Waals surface area contributed by atoms with Crippen LogP contribution in [0.4, 0.5) is 5.82 Å². The molecular weight excluding hydrogens is 390 g/mol. The summed E-state index contributed by atoms with van der Waals surface area (Å²) in [6.07, 6.45) is 15.9. The molecule has 160 valence electrons. The van der Waals surface area contributed by atoms with Crippen LogP contribution in [0.5, 0.6) is 0 Å². The summed E-state index contributed by atoms with van der Waals surface area (Å²) in [5.41, 5.74) is 1.93. The molecule has 1 aliphatic heterocycles. The number of pyridine rings is 1. The third-order valence-corrected chi connectivity index (χ3v) is 7.03. The van der Waals surface area contributed by atoms with Crippen molar-refractivity contribution >= 4 is 5.82 Å². The zero-order valence-electron chi connectivity index (χ0n) is 17.5. The first-order chi connectivity index (χ1) is 15.3. The molecule has 2 aliphatic carbocycles. The topological polar surface area (TPSA) is 81.9 Å². The second-order valence-electron chi connectivity index (χ2n) is 9.16. The highest BCUT2D eigenvalue weighted by Crippen LogP contribution is 2.44. The second kappa shape index (κ2) is 8.00. The van der Waals surface area contributed by atoms with Crippen LogP contribution in [0.25, 0.3) is 11.3 Å². The number of aromatic nitrogens is 6. The first-order valence-electron chi connectivity index (χ1n) is 11.3. The molecule has 0 N–H and O–H groups in total. The van der Waals surface area contributed by atoms with Crippen LogP contribution in [-0.2, 0) is 4.74 Å². The molecule has 3 aromatic rings. The Morgan fingerprint density at radius 3 is 2.58 bits per heavy atom. The van der Waals surface area contributed by atoms with Gasteiger partial charge in [-0.05, 0) is 55.6 Å². The van der Waals surface area contributed by atoms with Gasteiger partial charge in [-0.3, -0.25) is 9.97 Å². The fourth-order valence-electron chi connectivity index (χ4n) is 5.13. The summed E-state index contributed by atoms with van der Waals surface area (Å²) in [6.45, 7) is 2.92. The Bertz CT molecular complexity index is 1010. The molecule has 3 aromatic heterocycles. The largest absolute Gasteiger partial charge is 0.376 e. The summed E-state index contributed by atoms with van der Waals surface area (Å²) in [5.74, 6) is 2.94. The number of rotatable bonds is 6. The summed E-state index contributed by atoms with van der Waals surface area (Å²) in [5, 5.41) is 8.98. The molecule has 8 heteroatoms. The lowest BCUT2D eigenvalue weighted by Crippen LogP contribution is -2.38. The molecule has 1 saturated heterocycles. The number of anilines is 1. The summed E-state index contributed by atoms with van der Waals surface area (Å²) in [7, 11) is 0. The van der Waals surface area contributed by atoms with Gasteiger partial charge in [0.15, 0.2) is 0 Å². The molecule has 2 saturated carbocycles. The molecule has 0 unspecified atom stereocenters. The average Bonchev–Trinajstić information content (AvgIpc) is 3.36. The van der Waals surface area contributed by atoms with Gasteiger partial charge in [-0.2, -0.15) is 0 Å². The Labute approximate surface area is 181 Å². The number of ether oxygens (including phenoxy) is 1. The maximum atomic E-state index is 6.49. The molecule has 0 spiro atoms. The quantitative estimate of drug-likeness (QED) is 0.610. The maximum Gasteiger partial charge on any atom is 0.147 e. The van der Waals surface area contributed by atoms with Crippen LogP contribution in [0.2, 0.25) is 0 Å². The zero-order chi connectivity index (χ0) is 20.6. The Hall–Kier alpha value is -2.87. The van der Waals surface area contributed by atoms with Gasteiger partial charge in [0.2, 0.25) is 0 Å². The van der Waals surface area contributed by atoms with Crippen molar-refractivity contribution in [3.05, 3.63) is 49.3 Å². The van der Waals surface area contributed by atoms with Gasteiger partial charge in [-0.15, -0.1) is 5.10 Å². The van der Waals surface area contributed by atoms with Gasteiger partial charge in [-0.1, -0.05) is 5.21 Å². The van der Waals surface area contributed by atoms with Crippen LogP contribution in [-0.4, -0.2) is 55.7 Å². The molecule has 3 fully saturated rings. The summed E-state index contributed by atoms with van der Waals surface area (Å²) in [6, 6.07) is 4.16. The minimum absolute atomic E-state index is 0.177. The highest BCUT2D eigenvalue weighted by molar-refractivity contribution is 5.56. The van der Waals surface area contributed by atoms with Crippen LogP contribution < -0.4 is 4.90 Å². The molecule has 3 aliphatic rings. The Morgan fingerprint density at radius 2 is 1.81 bits per heavy atom. The van der Waals surface area contributed by atoms with Gasteiger partial charge in [0.1, 0.15) is 11.5 Å². The second-order valence-corrected chi connectivity index (χ2v) is 9.16. The van der Waals surface area contributed by atoms with E-state index in [-0.39, 0.29) is 12.1 Å². The lowest BCUT2D eigenvalue weighted by Gasteiger charge is -2.37. The van der Waals surface area contributed by atoms with Crippen molar-refractivity contribution in [1.82, 2.24) is 29.9 Å². The van der Waals surface area contributed by atoms with Gasteiger partial charge >= 0.3 is 0 Å². The predicted molar refractivity (Wildman–Crippen MR) is 115 cm³/mol. The molecular formula is C23H27N7O. The molecule has 0 radical (unpaired) electrons. The van der Waals surface area contributed by atoms with E-state index >= 15 is 0 Å². The Morgan fingerprint density at radius 1 is 0.968 bits per heavy atom. The van der Waals surface area contributed by atoms with Gasteiger partial charge in [-0.25, -0.2) is 9.67 Å². The van der Waals surface area contributed by atoms with E-state index in [0.29, 0.717) is 11.8 Å². The van der Waals surface area contributed by atoms with Crippen molar-refractivity contribution < 1.29 is 4.74 Å². The van der Waals surface area contributed by atoms with Crippen molar-refractivity contribution in [2.24, 2.45) is 17.8 Å². The first kappa shape index (κ1) is 18.9. The van der Waals surface area contributed by atoms with Gasteiger partial charge in [0, 0.05) is 50.0 Å². The van der Waals surface area contributed by atoms with Gasteiger partial charge in [0.05, 0.1) is 24.5 Å². The zero-order valence-corrected chi connectivity index (χ0v) is 17.5. The van der Waals surface area contributed by atoms with E-state index < -0.39 is 0 Å². The van der Waals surface area contributed by atoms with E-state index in [4.69, 9.17) is 4.74 Å². The van der Waals surface area contributed by atoms with E-state index in [1.54, 1.807) is 24.8 Å². The third-order valence-electron chi connectivity index (χ3n) is 7.03. The molecule has 0 bridgehead atoms. The lowest BCUT2D eigenvalue weighted by molar-refractivity contribution is -0.0375.